The Morgan fingerprint density at radius 2 is 2.58 bits per heavy atom. The zero-order valence-corrected chi connectivity index (χ0v) is 7.77. The number of rotatable bonds is 4. The topological polar surface area (TPSA) is 38.1 Å². The molecular formula is C7H8Cl2N2O. The molecule has 12 heavy (non-hydrogen) atoms. The molecule has 0 spiro atoms. The number of nitrogens with zero attached hydrogens (tertiary/aromatic N) is 1. The molecule has 1 heterocycles. The summed E-state index contributed by atoms with van der Waals surface area (Å²) in [6, 6.07) is 1.78. The van der Waals surface area contributed by atoms with Crippen LogP contribution in [-0.2, 0) is 6.54 Å². The summed E-state index contributed by atoms with van der Waals surface area (Å²) in [5.74, 6) is 0.772. The Bertz CT molecular complexity index is 246. The summed E-state index contributed by atoms with van der Waals surface area (Å²) in [4.78, 5) is 0. The molecule has 1 aromatic heterocycles. The average molecular weight is 207 g/mol. The summed E-state index contributed by atoms with van der Waals surface area (Å²) in [5, 5.41) is 7.14. The SMILES string of the molecule is Cl/C=C(/Cl)CNCc1ccno1. The van der Waals surface area contributed by atoms with Gasteiger partial charge in [0.1, 0.15) is 5.76 Å². The minimum atomic E-state index is 0.533. The van der Waals surface area contributed by atoms with Gasteiger partial charge in [0, 0.05) is 23.2 Å². The van der Waals surface area contributed by atoms with E-state index in [1.165, 1.54) is 5.54 Å². The maximum Gasteiger partial charge on any atom is 0.150 e. The van der Waals surface area contributed by atoms with E-state index in [2.05, 4.69) is 10.5 Å². The van der Waals surface area contributed by atoms with Crippen molar-refractivity contribution in [3.8, 4) is 0 Å². The van der Waals surface area contributed by atoms with Crippen molar-refractivity contribution in [2.24, 2.45) is 0 Å². The monoisotopic (exact) mass is 206 g/mol. The maximum atomic E-state index is 5.63. The molecule has 3 nitrogen and oxygen atoms in total. The van der Waals surface area contributed by atoms with Crippen molar-refractivity contribution in [2.45, 2.75) is 6.54 Å². The van der Waals surface area contributed by atoms with Crippen molar-refractivity contribution in [1.29, 1.82) is 0 Å². The van der Waals surface area contributed by atoms with Crippen LogP contribution >= 0.6 is 23.2 Å². The molecule has 1 aromatic rings. The lowest BCUT2D eigenvalue weighted by molar-refractivity contribution is 0.375. The van der Waals surface area contributed by atoms with Crippen molar-refractivity contribution in [1.82, 2.24) is 10.5 Å². The molecule has 0 fully saturated rings. The molecule has 0 atom stereocenters. The molecule has 66 valence electrons. The smallest absolute Gasteiger partial charge is 0.150 e. The van der Waals surface area contributed by atoms with Crippen LogP contribution in [0.2, 0.25) is 0 Å². The van der Waals surface area contributed by atoms with Gasteiger partial charge in [-0.25, -0.2) is 0 Å². The van der Waals surface area contributed by atoms with Crippen LogP contribution in [0.3, 0.4) is 0 Å². The fourth-order valence-corrected chi connectivity index (χ4v) is 0.849. The molecule has 1 N–H and O–H groups in total. The highest BCUT2D eigenvalue weighted by Gasteiger charge is 1.96. The van der Waals surface area contributed by atoms with Crippen LogP contribution in [0.5, 0.6) is 0 Å². The second kappa shape index (κ2) is 5.19. The Hall–Kier alpha value is -0.510. The predicted molar refractivity (Wildman–Crippen MR) is 48.0 cm³/mol. The molecule has 1 rings (SSSR count). The molecule has 0 saturated heterocycles. The van der Waals surface area contributed by atoms with Crippen molar-refractivity contribution >= 4 is 23.2 Å². The van der Waals surface area contributed by atoms with Gasteiger partial charge < -0.3 is 9.84 Å². The van der Waals surface area contributed by atoms with Gasteiger partial charge >= 0.3 is 0 Å². The van der Waals surface area contributed by atoms with Gasteiger partial charge in [0.15, 0.2) is 0 Å². The van der Waals surface area contributed by atoms with Gasteiger partial charge in [0.2, 0.25) is 0 Å². The zero-order chi connectivity index (χ0) is 8.81. The van der Waals surface area contributed by atoms with Crippen molar-refractivity contribution < 1.29 is 4.52 Å². The van der Waals surface area contributed by atoms with Crippen LogP contribution in [0.15, 0.2) is 27.4 Å². The summed E-state index contributed by atoms with van der Waals surface area (Å²) >= 11 is 11.0. The van der Waals surface area contributed by atoms with E-state index in [1.54, 1.807) is 12.3 Å². The summed E-state index contributed by atoms with van der Waals surface area (Å²) < 4.78 is 4.84. The first-order chi connectivity index (χ1) is 5.83. The third-order valence-corrected chi connectivity index (χ3v) is 1.82. The Kier molecular flexibility index (Phi) is 4.14. The van der Waals surface area contributed by atoms with E-state index >= 15 is 0 Å². The quantitative estimate of drug-likeness (QED) is 0.821. The molecule has 0 aliphatic heterocycles. The van der Waals surface area contributed by atoms with Gasteiger partial charge in [-0.2, -0.15) is 0 Å². The Morgan fingerprint density at radius 1 is 1.75 bits per heavy atom. The van der Waals surface area contributed by atoms with E-state index in [9.17, 15) is 0 Å². The van der Waals surface area contributed by atoms with Crippen LogP contribution < -0.4 is 5.32 Å². The average Bonchev–Trinajstić information content (AvgIpc) is 2.57. The predicted octanol–water partition coefficient (Wildman–Crippen LogP) is 2.08. The lowest BCUT2D eigenvalue weighted by atomic mass is 10.4. The van der Waals surface area contributed by atoms with Crippen LogP contribution in [-0.4, -0.2) is 11.7 Å². The van der Waals surface area contributed by atoms with E-state index in [0.29, 0.717) is 18.1 Å². The number of hydrogen-bond donors (Lipinski definition) is 1. The van der Waals surface area contributed by atoms with Crippen LogP contribution in [0.1, 0.15) is 5.76 Å². The summed E-state index contributed by atoms with van der Waals surface area (Å²) in [7, 11) is 0. The zero-order valence-electron chi connectivity index (χ0n) is 6.26. The highest BCUT2D eigenvalue weighted by atomic mass is 35.5. The van der Waals surface area contributed by atoms with Gasteiger partial charge in [0.25, 0.3) is 0 Å². The van der Waals surface area contributed by atoms with Crippen LogP contribution in [0, 0.1) is 0 Å². The molecule has 0 bridgehead atoms. The first-order valence-electron chi connectivity index (χ1n) is 3.38. The van der Waals surface area contributed by atoms with Crippen molar-refractivity contribution in [3.63, 3.8) is 0 Å². The fourth-order valence-electron chi connectivity index (χ4n) is 0.677. The first kappa shape index (κ1) is 9.58. The van der Waals surface area contributed by atoms with Crippen molar-refractivity contribution in [2.75, 3.05) is 6.54 Å². The van der Waals surface area contributed by atoms with Crippen LogP contribution in [0.4, 0.5) is 0 Å². The van der Waals surface area contributed by atoms with Gasteiger partial charge in [-0.3, -0.25) is 0 Å². The number of hydrogen-bond acceptors (Lipinski definition) is 3. The van der Waals surface area contributed by atoms with E-state index in [-0.39, 0.29) is 0 Å². The largest absolute Gasteiger partial charge is 0.360 e. The minimum absolute atomic E-state index is 0.533. The van der Waals surface area contributed by atoms with E-state index < -0.39 is 0 Å². The number of halogens is 2. The molecule has 0 aliphatic rings. The molecule has 0 unspecified atom stereocenters. The fraction of sp³-hybridized carbons (Fsp3) is 0.286. The summed E-state index contributed by atoms with van der Waals surface area (Å²) in [6.07, 6.45) is 1.59. The molecular weight excluding hydrogens is 199 g/mol. The summed E-state index contributed by atoms with van der Waals surface area (Å²) in [6.45, 7) is 1.13. The number of aromatic nitrogens is 1. The van der Waals surface area contributed by atoms with Crippen molar-refractivity contribution in [3.05, 3.63) is 28.6 Å². The van der Waals surface area contributed by atoms with Crippen LogP contribution in [0.25, 0.3) is 0 Å². The van der Waals surface area contributed by atoms with Gasteiger partial charge in [-0.05, 0) is 0 Å². The van der Waals surface area contributed by atoms with E-state index in [4.69, 9.17) is 27.7 Å². The number of nitrogens with one attached hydrogen (secondary N) is 1. The highest BCUT2D eigenvalue weighted by Crippen LogP contribution is 2.01. The molecule has 0 radical (unpaired) electrons. The Balaban J connectivity index is 2.19. The molecule has 0 aromatic carbocycles. The highest BCUT2D eigenvalue weighted by molar-refractivity contribution is 6.36. The summed E-state index contributed by atoms with van der Waals surface area (Å²) in [5.41, 5.74) is 1.33. The molecule has 0 amide bonds. The van der Waals surface area contributed by atoms with Gasteiger partial charge in [-0.15, -0.1) is 0 Å². The Labute approximate surface area is 80.3 Å². The standard InChI is InChI=1S/C7H8Cl2N2O/c8-3-6(9)4-10-5-7-1-2-11-12-7/h1-3,10H,4-5H2/b6-3+. The normalized spacial score (nSPS) is 12.0. The van der Waals surface area contributed by atoms with E-state index in [0.717, 1.165) is 5.76 Å². The lowest BCUT2D eigenvalue weighted by Gasteiger charge is -1.98. The second-order valence-electron chi connectivity index (χ2n) is 2.14. The minimum Gasteiger partial charge on any atom is -0.360 e. The third kappa shape index (κ3) is 3.26. The van der Waals surface area contributed by atoms with Gasteiger partial charge in [0.05, 0.1) is 12.7 Å². The van der Waals surface area contributed by atoms with Gasteiger partial charge in [-0.1, -0.05) is 28.4 Å². The maximum absolute atomic E-state index is 5.63. The Morgan fingerprint density at radius 3 is 3.17 bits per heavy atom. The lowest BCUT2D eigenvalue weighted by Crippen LogP contribution is -2.14. The molecule has 5 heteroatoms. The second-order valence-corrected chi connectivity index (χ2v) is 2.84. The molecule has 0 saturated carbocycles. The third-order valence-electron chi connectivity index (χ3n) is 1.20. The van der Waals surface area contributed by atoms with E-state index in [1.807, 2.05) is 0 Å². The first-order valence-corrected chi connectivity index (χ1v) is 4.19. The molecule has 0 aliphatic carbocycles.